The van der Waals surface area contributed by atoms with Crippen LogP contribution in [0.2, 0.25) is 0 Å². The van der Waals surface area contributed by atoms with Crippen molar-refractivity contribution in [1.29, 1.82) is 0 Å². The number of carbonyl (C=O) groups is 1. The maximum atomic E-state index is 11.7. The molecule has 0 heterocycles. The van der Waals surface area contributed by atoms with Gasteiger partial charge in [0.25, 0.3) is 0 Å². The molecular formula is C17H26N2O2. The number of hydrogen-bond donors (Lipinski definition) is 2. The average Bonchev–Trinajstić information content (AvgIpc) is 2.26. The van der Waals surface area contributed by atoms with E-state index >= 15 is 0 Å². The van der Waals surface area contributed by atoms with Gasteiger partial charge in [0.15, 0.2) is 0 Å². The van der Waals surface area contributed by atoms with Gasteiger partial charge in [-0.05, 0) is 59.1 Å². The normalized spacial score (nSPS) is 21.4. The van der Waals surface area contributed by atoms with Gasteiger partial charge in [-0.3, -0.25) is 0 Å². The molecule has 0 spiro atoms. The topological polar surface area (TPSA) is 50.4 Å². The van der Waals surface area contributed by atoms with Crippen molar-refractivity contribution < 1.29 is 9.53 Å². The van der Waals surface area contributed by atoms with Crippen LogP contribution in [0.5, 0.6) is 0 Å². The Morgan fingerprint density at radius 2 is 1.86 bits per heavy atom. The summed E-state index contributed by atoms with van der Waals surface area (Å²) in [5.74, 6) is 0. The second-order valence-electron chi connectivity index (χ2n) is 6.97. The Balaban J connectivity index is 1.75. The van der Waals surface area contributed by atoms with Crippen molar-refractivity contribution in [1.82, 2.24) is 5.32 Å². The molecule has 0 unspecified atom stereocenters. The second kappa shape index (κ2) is 5.96. The zero-order valence-electron chi connectivity index (χ0n) is 13.6. The molecule has 0 saturated heterocycles. The monoisotopic (exact) mass is 290 g/mol. The Morgan fingerprint density at radius 3 is 2.43 bits per heavy atom. The van der Waals surface area contributed by atoms with Crippen LogP contribution >= 0.6 is 0 Å². The standard InChI is InChI=1S/C17H26N2O2/c1-11-6-7-15(12(2)8-11)18-13-9-14(10-13)19-16(20)21-17(3,4)5/h6-8,13-14,18H,9-10H2,1-5H3,(H,19,20). The fourth-order valence-corrected chi connectivity index (χ4v) is 2.52. The van der Waals surface area contributed by atoms with Gasteiger partial charge in [-0.15, -0.1) is 0 Å². The number of aryl methyl sites for hydroxylation is 2. The lowest BCUT2D eigenvalue weighted by Gasteiger charge is -2.37. The lowest BCUT2D eigenvalue weighted by atomic mass is 9.86. The Hall–Kier alpha value is -1.71. The first-order valence-corrected chi connectivity index (χ1v) is 7.56. The summed E-state index contributed by atoms with van der Waals surface area (Å²) in [6.45, 7) is 9.83. The minimum absolute atomic E-state index is 0.211. The van der Waals surface area contributed by atoms with Gasteiger partial charge in [0.1, 0.15) is 5.60 Å². The largest absolute Gasteiger partial charge is 0.444 e. The van der Waals surface area contributed by atoms with E-state index in [0.29, 0.717) is 6.04 Å². The molecule has 21 heavy (non-hydrogen) atoms. The molecule has 1 amide bonds. The molecular weight excluding hydrogens is 264 g/mol. The van der Waals surface area contributed by atoms with Crippen molar-refractivity contribution in [3.63, 3.8) is 0 Å². The highest BCUT2D eigenvalue weighted by atomic mass is 16.6. The number of ether oxygens (including phenoxy) is 1. The van der Waals surface area contributed by atoms with Crippen LogP contribution in [0, 0.1) is 13.8 Å². The van der Waals surface area contributed by atoms with Gasteiger partial charge in [0, 0.05) is 17.8 Å². The summed E-state index contributed by atoms with van der Waals surface area (Å²) in [4.78, 5) is 11.7. The van der Waals surface area contributed by atoms with Gasteiger partial charge in [-0.1, -0.05) is 17.7 Å². The van der Waals surface area contributed by atoms with E-state index in [1.54, 1.807) is 0 Å². The summed E-state index contributed by atoms with van der Waals surface area (Å²) in [7, 11) is 0. The van der Waals surface area contributed by atoms with Crippen molar-refractivity contribution >= 4 is 11.8 Å². The quantitative estimate of drug-likeness (QED) is 0.891. The third-order valence-corrected chi connectivity index (χ3v) is 3.60. The first-order chi connectivity index (χ1) is 9.73. The minimum atomic E-state index is -0.440. The number of alkyl carbamates (subject to hydrolysis) is 1. The number of benzene rings is 1. The number of carbonyl (C=O) groups excluding carboxylic acids is 1. The summed E-state index contributed by atoms with van der Waals surface area (Å²) in [5, 5.41) is 6.44. The molecule has 4 nitrogen and oxygen atoms in total. The van der Waals surface area contributed by atoms with Crippen molar-refractivity contribution in [2.24, 2.45) is 0 Å². The number of rotatable bonds is 3. The molecule has 116 valence electrons. The van der Waals surface area contributed by atoms with E-state index in [1.807, 2.05) is 20.8 Å². The van der Waals surface area contributed by atoms with Crippen LogP contribution in [0.15, 0.2) is 18.2 Å². The highest BCUT2D eigenvalue weighted by molar-refractivity contribution is 5.68. The molecule has 1 aromatic carbocycles. The van der Waals surface area contributed by atoms with E-state index in [4.69, 9.17) is 4.74 Å². The molecule has 0 atom stereocenters. The van der Waals surface area contributed by atoms with Crippen LogP contribution < -0.4 is 10.6 Å². The third kappa shape index (κ3) is 4.66. The minimum Gasteiger partial charge on any atom is -0.444 e. The Bertz CT molecular complexity index is 514. The van der Waals surface area contributed by atoms with Crippen LogP contribution in [-0.4, -0.2) is 23.8 Å². The van der Waals surface area contributed by atoms with Gasteiger partial charge in [-0.25, -0.2) is 4.79 Å². The maximum Gasteiger partial charge on any atom is 0.407 e. The van der Waals surface area contributed by atoms with Crippen LogP contribution in [0.3, 0.4) is 0 Å². The lowest BCUT2D eigenvalue weighted by molar-refractivity contribution is 0.0475. The van der Waals surface area contributed by atoms with E-state index in [9.17, 15) is 4.79 Å². The molecule has 1 aromatic rings. The van der Waals surface area contributed by atoms with Crippen molar-refractivity contribution in [2.45, 2.75) is 65.1 Å². The summed E-state index contributed by atoms with van der Waals surface area (Å²) in [6.07, 6.45) is 1.55. The first-order valence-electron chi connectivity index (χ1n) is 7.56. The molecule has 4 heteroatoms. The van der Waals surface area contributed by atoms with Crippen molar-refractivity contribution in [2.75, 3.05) is 5.32 Å². The van der Waals surface area contributed by atoms with E-state index < -0.39 is 5.60 Å². The van der Waals surface area contributed by atoms with Crippen LogP contribution in [0.1, 0.15) is 44.7 Å². The first kappa shape index (κ1) is 15.7. The molecule has 0 bridgehead atoms. The lowest BCUT2D eigenvalue weighted by Crippen LogP contribution is -2.50. The molecule has 1 aliphatic carbocycles. The predicted molar refractivity (Wildman–Crippen MR) is 85.7 cm³/mol. The van der Waals surface area contributed by atoms with Crippen molar-refractivity contribution in [3.8, 4) is 0 Å². The van der Waals surface area contributed by atoms with Gasteiger partial charge in [0.05, 0.1) is 0 Å². The predicted octanol–water partition coefficient (Wildman–Crippen LogP) is 3.77. The molecule has 2 rings (SSSR count). The molecule has 1 saturated carbocycles. The van der Waals surface area contributed by atoms with Crippen LogP contribution in [-0.2, 0) is 4.74 Å². The highest BCUT2D eigenvalue weighted by Gasteiger charge is 2.31. The third-order valence-electron chi connectivity index (χ3n) is 3.60. The molecule has 0 radical (unpaired) electrons. The molecule has 0 aromatic heterocycles. The number of hydrogen-bond acceptors (Lipinski definition) is 3. The fraction of sp³-hybridized carbons (Fsp3) is 0.588. The zero-order valence-corrected chi connectivity index (χ0v) is 13.6. The summed E-state index contributed by atoms with van der Waals surface area (Å²) < 4.78 is 5.26. The Morgan fingerprint density at radius 1 is 1.19 bits per heavy atom. The van der Waals surface area contributed by atoms with E-state index in [0.717, 1.165) is 12.8 Å². The Kier molecular flexibility index (Phi) is 4.45. The number of nitrogens with one attached hydrogen (secondary N) is 2. The number of anilines is 1. The van der Waals surface area contributed by atoms with Gasteiger partial charge >= 0.3 is 6.09 Å². The zero-order chi connectivity index (χ0) is 15.6. The van der Waals surface area contributed by atoms with Gasteiger partial charge in [-0.2, -0.15) is 0 Å². The van der Waals surface area contributed by atoms with E-state index in [-0.39, 0.29) is 12.1 Å². The van der Waals surface area contributed by atoms with E-state index in [1.165, 1.54) is 16.8 Å². The van der Waals surface area contributed by atoms with Crippen molar-refractivity contribution in [3.05, 3.63) is 29.3 Å². The number of amides is 1. The van der Waals surface area contributed by atoms with Crippen LogP contribution in [0.4, 0.5) is 10.5 Å². The van der Waals surface area contributed by atoms with E-state index in [2.05, 4.69) is 42.7 Å². The maximum absolute atomic E-state index is 11.7. The second-order valence-corrected chi connectivity index (χ2v) is 6.97. The Labute approximate surface area is 127 Å². The molecule has 2 N–H and O–H groups in total. The summed E-state index contributed by atoms with van der Waals surface area (Å²) >= 11 is 0. The smallest absolute Gasteiger partial charge is 0.407 e. The summed E-state index contributed by atoms with van der Waals surface area (Å²) in [6, 6.07) is 7.05. The van der Waals surface area contributed by atoms with Crippen LogP contribution in [0.25, 0.3) is 0 Å². The average molecular weight is 290 g/mol. The summed E-state index contributed by atoms with van der Waals surface area (Å²) in [5.41, 5.74) is 3.28. The fourth-order valence-electron chi connectivity index (χ4n) is 2.52. The highest BCUT2D eigenvalue weighted by Crippen LogP contribution is 2.26. The molecule has 1 aliphatic rings. The SMILES string of the molecule is Cc1ccc(NC2CC(NC(=O)OC(C)(C)C)C2)c(C)c1. The van der Waals surface area contributed by atoms with Gasteiger partial charge in [0.2, 0.25) is 0 Å². The molecule has 0 aliphatic heterocycles. The van der Waals surface area contributed by atoms with Gasteiger partial charge < -0.3 is 15.4 Å². The molecule has 1 fully saturated rings.